The van der Waals surface area contributed by atoms with Crippen LogP contribution in [0, 0.1) is 35.5 Å². The first-order chi connectivity index (χ1) is 31.8. The number of ether oxygens (including phenoxy) is 1. The zero-order valence-corrected chi connectivity index (χ0v) is 39.9. The highest BCUT2D eigenvalue weighted by Gasteiger charge is 2.40. The molecule has 0 aromatic heterocycles. The molecule has 12 nitrogen and oxygen atoms in total. The van der Waals surface area contributed by atoms with Crippen LogP contribution in [-0.2, 0) is 23.9 Å². The fraction of sp³-hybridized carbons (Fsp3) is 0.574. The molecule has 6 aliphatic rings. The van der Waals surface area contributed by atoms with Gasteiger partial charge in [-0.3, -0.25) is 19.2 Å². The van der Waals surface area contributed by atoms with E-state index in [2.05, 4.69) is 82.8 Å². The molecule has 2 saturated heterocycles. The largest absolute Gasteiger partial charge is 0.453 e. The molecule has 5 N–H and O–H groups in total. The average molecular weight is 903 g/mol. The topological polar surface area (TPSA) is 163 Å². The molecule has 2 heterocycles. The number of alkyl carbamates (subject to hydrolysis) is 1. The SMILES string of the molecule is COC(=O)NC(C(=O)N1CCCC1C(=O)Nc1ccc(C2CCC(CC3C=CC(C4C=CC=CC4)=CC3)C(C3=CC=C(NC(=O)C4CCCN4C(=O)C(N)C(C)C)CC3)CC2)cc1)C(C)C. The number of benzene rings is 1. The molecule has 3 fully saturated rings. The van der Waals surface area contributed by atoms with Gasteiger partial charge in [-0.1, -0.05) is 94.0 Å². The van der Waals surface area contributed by atoms with Gasteiger partial charge >= 0.3 is 6.09 Å². The van der Waals surface area contributed by atoms with E-state index in [1.165, 1.54) is 23.8 Å². The van der Waals surface area contributed by atoms with Gasteiger partial charge in [0.25, 0.3) is 0 Å². The van der Waals surface area contributed by atoms with Crippen LogP contribution in [-0.4, -0.2) is 83.9 Å². The summed E-state index contributed by atoms with van der Waals surface area (Å²) in [4.78, 5) is 69.3. The predicted octanol–water partition coefficient (Wildman–Crippen LogP) is 8.61. The van der Waals surface area contributed by atoms with Crippen molar-refractivity contribution in [3.63, 3.8) is 0 Å². The zero-order chi connectivity index (χ0) is 46.9. The number of carbonyl (C=O) groups is 5. The second-order valence-electron chi connectivity index (χ2n) is 20.2. The van der Waals surface area contributed by atoms with Crippen molar-refractivity contribution in [3.05, 3.63) is 101 Å². The van der Waals surface area contributed by atoms with Gasteiger partial charge in [0, 0.05) is 30.4 Å². The molecular formula is C54H74N6O6. The Kier molecular flexibility index (Phi) is 16.6. The lowest BCUT2D eigenvalue weighted by molar-refractivity contribution is -0.139. The summed E-state index contributed by atoms with van der Waals surface area (Å²) in [6.45, 7) is 8.62. The van der Waals surface area contributed by atoms with Gasteiger partial charge < -0.3 is 36.2 Å². The van der Waals surface area contributed by atoms with E-state index in [1.807, 2.05) is 39.8 Å². The number of anilines is 1. The smallest absolute Gasteiger partial charge is 0.407 e. The Labute approximate surface area is 392 Å². The highest BCUT2D eigenvalue weighted by molar-refractivity contribution is 5.98. The quantitative estimate of drug-likeness (QED) is 0.136. The number of nitrogens with two attached hydrogens (primary N) is 1. The van der Waals surface area contributed by atoms with Crippen LogP contribution in [0.5, 0.6) is 0 Å². The fourth-order valence-corrected chi connectivity index (χ4v) is 11.2. The number of nitrogens with one attached hydrogen (secondary N) is 3. The summed E-state index contributed by atoms with van der Waals surface area (Å²) in [5.41, 5.74) is 12.0. The molecule has 7 rings (SSSR count). The number of methoxy groups -OCH3 is 1. The molecule has 1 saturated carbocycles. The first-order valence-corrected chi connectivity index (χ1v) is 24.8. The molecular weight excluding hydrogens is 829 g/mol. The molecule has 2 aliphatic heterocycles. The third kappa shape index (κ3) is 11.8. The Morgan fingerprint density at radius 3 is 2.08 bits per heavy atom. The second-order valence-corrected chi connectivity index (χ2v) is 20.2. The van der Waals surface area contributed by atoms with Crippen LogP contribution in [0.3, 0.4) is 0 Å². The average Bonchev–Trinajstić information content (AvgIpc) is 3.99. The van der Waals surface area contributed by atoms with Gasteiger partial charge in [0.1, 0.15) is 18.1 Å². The molecule has 1 aromatic carbocycles. The van der Waals surface area contributed by atoms with Crippen molar-refractivity contribution in [2.75, 3.05) is 25.5 Å². The summed E-state index contributed by atoms with van der Waals surface area (Å²) in [6, 6.07) is 5.79. The van der Waals surface area contributed by atoms with Crippen molar-refractivity contribution in [1.82, 2.24) is 20.4 Å². The lowest BCUT2D eigenvalue weighted by Crippen LogP contribution is -2.54. The van der Waals surface area contributed by atoms with E-state index in [0.717, 1.165) is 69.9 Å². The highest BCUT2D eigenvalue weighted by Crippen LogP contribution is 2.45. The summed E-state index contributed by atoms with van der Waals surface area (Å²) in [6.07, 6.45) is 31.8. The van der Waals surface area contributed by atoms with Crippen LogP contribution in [0.15, 0.2) is 95.8 Å². The number of amides is 5. The molecule has 0 radical (unpaired) electrons. The van der Waals surface area contributed by atoms with Crippen LogP contribution in [0.1, 0.15) is 123 Å². The second kappa shape index (κ2) is 22.5. The Hall–Kier alpha value is -5.23. The standard InChI is InChI=1S/C54H74N6O6/c1-34(2)48(55)52(63)59-31-9-13-46(59)50(61)57-44-28-23-41(24-29-44)45-30-25-39(19-20-42(45)33-36-15-17-38(18-16-36)37-11-7-6-8-12-37)40-21-26-43(27-22-40)56-51(62)47-14-10-32-60(47)53(64)49(35(3)4)58-54(65)66-5/h6-8,11,15,17-18,21-23,26-28,34-37,39,42,45-49H,9-10,12-14,16,19-20,24-25,29-33,55H2,1-5H3,(H,56,62)(H,57,61)(H,58,65). The van der Waals surface area contributed by atoms with E-state index in [1.54, 1.807) is 9.80 Å². The van der Waals surface area contributed by atoms with Gasteiger partial charge in [0.15, 0.2) is 0 Å². The van der Waals surface area contributed by atoms with Crippen molar-refractivity contribution in [2.24, 2.45) is 41.2 Å². The van der Waals surface area contributed by atoms with E-state index < -0.39 is 30.3 Å². The maximum absolute atomic E-state index is 13.7. The number of hydrogen-bond donors (Lipinski definition) is 4. The lowest BCUT2D eigenvalue weighted by atomic mass is 9.73. The van der Waals surface area contributed by atoms with E-state index in [9.17, 15) is 24.0 Å². The number of allylic oxidation sites excluding steroid dienone is 12. The first kappa shape index (κ1) is 48.7. The molecule has 0 bridgehead atoms. The van der Waals surface area contributed by atoms with Crippen LogP contribution in [0.4, 0.5) is 10.5 Å². The highest BCUT2D eigenvalue weighted by atomic mass is 16.5. The van der Waals surface area contributed by atoms with Crippen LogP contribution >= 0.6 is 0 Å². The Balaban J connectivity index is 1.01. The summed E-state index contributed by atoms with van der Waals surface area (Å²) in [5.74, 6) is 1.37. The number of hydrogen-bond acceptors (Lipinski definition) is 7. The number of carbonyl (C=O) groups excluding carboxylic acids is 5. The normalized spacial score (nSPS) is 27.4. The van der Waals surface area contributed by atoms with Gasteiger partial charge in [-0.05, 0) is 148 Å². The molecule has 66 heavy (non-hydrogen) atoms. The van der Waals surface area contributed by atoms with Crippen molar-refractivity contribution in [1.29, 1.82) is 0 Å². The van der Waals surface area contributed by atoms with Gasteiger partial charge in [0.05, 0.1) is 13.2 Å². The molecule has 4 aliphatic carbocycles. The minimum absolute atomic E-state index is 0.00702. The van der Waals surface area contributed by atoms with Gasteiger partial charge in [-0.25, -0.2) is 4.79 Å². The molecule has 0 spiro atoms. The third-order valence-corrected chi connectivity index (χ3v) is 15.2. The third-order valence-electron chi connectivity index (χ3n) is 15.2. The number of nitrogens with zero attached hydrogens (tertiary/aromatic N) is 2. The molecule has 5 amide bonds. The Morgan fingerprint density at radius 2 is 1.47 bits per heavy atom. The Morgan fingerprint density at radius 1 is 0.773 bits per heavy atom. The van der Waals surface area contributed by atoms with Crippen LogP contribution < -0.4 is 21.7 Å². The summed E-state index contributed by atoms with van der Waals surface area (Å²) in [5, 5.41) is 8.93. The van der Waals surface area contributed by atoms with Crippen molar-refractivity contribution in [3.8, 4) is 0 Å². The van der Waals surface area contributed by atoms with Gasteiger partial charge in [-0.15, -0.1) is 0 Å². The van der Waals surface area contributed by atoms with Crippen molar-refractivity contribution in [2.45, 2.75) is 141 Å². The van der Waals surface area contributed by atoms with Crippen LogP contribution in [0.2, 0.25) is 0 Å². The van der Waals surface area contributed by atoms with Crippen molar-refractivity contribution >= 4 is 35.4 Å². The zero-order valence-electron chi connectivity index (χ0n) is 39.9. The van der Waals surface area contributed by atoms with Crippen LogP contribution in [0.25, 0.3) is 0 Å². The molecule has 356 valence electrons. The van der Waals surface area contributed by atoms with E-state index in [-0.39, 0.29) is 35.5 Å². The number of rotatable bonds is 14. The first-order valence-electron chi connectivity index (χ1n) is 24.8. The summed E-state index contributed by atoms with van der Waals surface area (Å²) < 4.78 is 4.76. The summed E-state index contributed by atoms with van der Waals surface area (Å²) >= 11 is 0. The maximum atomic E-state index is 13.7. The van der Waals surface area contributed by atoms with E-state index in [0.29, 0.717) is 67.6 Å². The minimum Gasteiger partial charge on any atom is -0.453 e. The van der Waals surface area contributed by atoms with E-state index >= 15 is 0 Å². The number of likely N-dealkylation sites (tertiary alicyclic amines) is 2. The van der Waals surface area contributed by atoms with Crippen molar-refractivity contribution < 1.29 is 28.7 Å². The fourth-order valence-electron chi connectivity index (χ4n) is 11.2. The Bertz CT molecular complexity index is 2120. The minimum atomic E-state index is -0.785. The molecule has 1 aromatic rings. The molecule has 9 atom stereocenters. The van der Waals surface area contributed by atoms with E-state index in [4.69, 9.17) is 10.5 Å². The maximum Gasteiger partial charge on any atom is 0.407 e. The monoisotopic (exact) mass is 903 g/mol. The predicted molar refractivity (Wildman–Crippen MR) is 260 cm³/mol. The lowest BCUT2D eigenvalue weighted by Gasteiger charge is -2.32. The molecule has 12 heteroatoms. The molecule has 9 unspecified atom stereocenters. The summed E-state index contributed by atoms with van der Waals surface area (Å²) in [7, 11) is 1.27. The van der Waals surface area contributed by atoms with Gasteiger partial charge in [0.2, 0.25) is 23.6 Å². The van der Waals surface area contributed by atoms with Gasteiger partial charge in [-0.2, -0.15) is 0 Å².